The fourth-order valence-electron chi connectivity index (χ4n) is 2.76. The Kier molecular flexibility index (Phi) is 4.73. The van der Waals surface area contributed by atoms with Gasteiger partial charge in [0.15, 0.2) is 0 Å². The lowest BCUT2D eigenvalue weighted by Gasteiger charge is -2.20. The third kappa shape index (κ3) is 3.13. The van der Waals surface area contributed by atoms with Crippen molar-refractivity contribution in [2.45, 2.75) is 34.6 Å². The molecule has 0 saturated carbocycles. The number of hydrogen-bond donors (Lipinski definition) is 0. The van der Waals surface area contributed by atoms with E-state index in [0.29, 0.717) is 0 Å². The minimum Gasteiger partial charge on any atom is -0.124 e. The van der Waals surface area contributed by atoms with Gasteiger partial charge in [-0.15, -0.1) is 4.36 Å². The summed E-state index contributed by atoms with van der Waals surface area (Å²) in [5.74, 6) is 0. The fourth-order valence-corrected chi connectivity index (χ4v) is 6.23. The van der Waals surface area contributed by atoms with E-state index in [1.54, 1.807) is 0 Å². The summed E-state index contributed by atoms with van der Waals surface area (Å²) in [6.45, 7) is 4.33. The first-order valence-electron chi connectivity index (χ1n) is 7.94. The molecule has 0 radical (unpaired) electrons. The van der Waals surface area contributed by atoms with Crippen LogP contribution in [0.5, 0.6) is 0 Å². The molecular weight excluding hydrogens is 298 g/mol. The van der Waals surface area contributed by atoms with Crippen LogP contribution in [0.15, 0.2) is 110 Å². The zero-order valence-corrected chi connectivity index (χ0v) is 14.4. The van der Waals surface area contributed by atoms with E-state index in [9.17, 15) is 0 Å². The Morgan fingerprint density at radius 1 is 0.565 bits per heavy atom. The number of nitrogens with zero attached hydrogens (tertiary/aromatic N) is 1. The van der Waals surface area contributed by atoms with Gasteiger partial charge in [-0.2, -0.15) is 0 Å². The molecule has 0 aliphatic carbocycles. The highest BCUT2D eigenvalue weighted by molar-refractivity contribution is 8.05. The molecule has 0 fully saturated rings. The Morgan fingerprint density at radius 3 is 1.13 bits per heavy atom. The second-order valence-electron chi connectivity index (χ2n) is 5.72. The summed E-state index contributed by atoms with van der Waals surface area (Å²) in [6, 6.07) is 32.4. The second kappa shape index (κ2) is 6.93. The molecule has 3 rings (SSSR count). The van der Waals surface area contributed by atoms with Crippen LogP contribution in [0, 0.1) is 0 Å². The van der Waals surface area contributed by atoms with Crippen LogP contribution in [0.4, 0.5) is 0 Å². The third-order valence-electron chi connectivity index (χ3n) is 3.62. The van der Waals surface area contributed by atoms with Gasteiger partial charge < -0.3 is 0 Å². The average Bonchev–Trinajstić information content (AvgIpc) is 2.62. The van der Waals surface area contributed by atoms with E-state index in [1.165, 1.54) is 14.7 Å². The molecule has 0 atom stereocenters. The summed E-state index contributed by atoms with van der Waals surface area (Å²) in [4.78, 5) is 3.85. The van der Waals surface area contributed by atoms with Gasteiger partial charge in [-0.3, -0.25) is 0 Å². The molecule has 0 aliphatic rings. The Morgan fingerprint density at radius 2 is 0.870 bits per heavy atom. The largest absolute Gasteiger partial charge is 0.149 e. The minimum absolute atomic E-state index is 0.255. The number of hydrogen-bond acceptors (Lipinski definition) is 1. The maximum atomic E-state index is 5.30. The Balaban J connectivity index is 2.41. The smallest absolute Gasteiger partial charge is 0.124 e. The highest BCUT2D eigenvalue weighted by Crippen LogP contribution is 2.39. The third-order valence-corrected chi connectivity index (χ3v) is 7.22. The van der Waals surface area contributed by atoms with Crippen molar-refractivity contribution in [3.05, 3.63) is 91.0 Å². The molecule has 0 bridgehead atoms. The van der Waals surface area contributed by atoms with Crippen molar-refractivity contribution in [2.24, 2.45) is 4.36 Å². The van der Waals surface area contributed by atoms with Crippen LogP contribution in [0.25, 0.3) is 0 Å². The average molecular weight is 320 g/mol. The lowest BCUT2D eigenvalue weighted by Crippen LogP contribution is -2.16. The van der Waals surface area contributed by atoms with E-state index in [0.717, 1.165) is 0 Å². The van der Waals surface area contributed by atoms with Crippen LogP contribution in [-0.2, 0) is 9.82 Å². The summed E-state index contributed by atoms with van der Waals surface area (Å²) < 4.78 is 5.30. The van der Waals surface area contributed by atoms with E-state index in [4.69, 9.17) is 4.36 Å². The van der Waals surface area contributed by atoms with Crippen molar-refractivity contribution in [2.75, 3.05) is 0 Å². The van der Waals surface area contributed by atoms with Crippen LogP contribution in [-0.4, -0.2) is 6.04 Å². The van der Waals surface area contributed by atoms with Crippen molar-refractivity contribution < 1.29 is 0 Å². The lowest BCUT2D eigenvalue weighted by molar-refractivity contribution is 0.844. The first-order valence-corrected chi connectivity index (χ1v) is 9.53. The molecule has 0 aliphatic heterocycles. The molecule has 1 nitrogen and oxygen atoms in total. The van der Waals surface area contributed by atoms with Crippen LogP contribution in [0.2, 0.25) is 0 Å². The van der Waals surface area contributed by atoms with Crippen molar-refractivity contribution in [1.82, 2.24) is 0 Å². The molecular formula is C21H22NS+. The van der Waals surface area contributed by atoms with E-state index < -0.39 is 9.82 Å². The molecule has 116 valence electrons. The summed E-state index contributed by atoms with van der Waals surface area (Å²) >= 11 is 0. The summed E-state index contributed by atoms with van der Waals surface area (Å²) in [5.41, 5.74) is 0. The molecule has 3 aromatic rings. The van der Waals surface area contributed by atoms with Gasteiger partial charge in [-0.1, -0.05) is 54.6 Å². The molecule has 0 unspecified atom stereocenters. The summed E-state index contributed by atoms with van der Waals surface area (Å²) in [5, 5.41) is 0. The van der Waals surface area contributed by atoms with Gasteiger partial charge in [0.2, 0.25) is 0 Å². The van der Waals surface area contributed by atoms with E-state index in [2.05, 4.69) is 105 Å². The number of benzene rings is 3. The van der Waals surface area contributed by atoms with Gasteiger partial charge in [0.05, 0.1) is 15.9 Å². The van der Waals surface area contributed by atoms with Crippen LogP contribution >= 0.6 is 0 Å². The Bertz CT molecular complexity index is 690. The van der Waals surface area contributed by atoms with Crippen molar-refractivity contribution >= 4 is 9.82 Å². The topological polar surface area (TPSA) is 12.4 Å². The molecule has 0 heterocycles. The standard InChI is InChI=1S/C21H22NS/c1-18(2)22-23(19-12-6-3-7-13-19,20-14-8-4-9-15-20)21-16-10-5-11-17-21/h3-18H,1-2H3/q+1. The first-order chi connectivity index (χ1) is 11.2. The van der Waals surface area contributed by atoms with Gasteiger partial charge in [0, 0.05) is 0 Å². The quantitative estimate of drug-likeness (QED) is 0.530. The molecule has 0 N–H and O–H groups in total. The van der Waals surface area contributed by atoms with Gasteiger partial charge in [-0.25, -0.2) is 0 Å². The van der Waals surface area contributed by atoms with Gasteiger partial charge in [-0.05, 0) is 50.2 Å². The lowest BCUT2D eigenvalue weighted by atomic mass is 10.4. The van der Waals surface area contributed by atoms with Gasteiger partial charge in [0.1, 0.15) is 14.7 Å². The summed E-state index contributed by atoms with van der Waals surface area (Å²) in [7, 11) is -1.61. The van der Waals surface area contributed by atoms with Crippen molar-refractivity contribution in [3.63, 3.8) is 0 Å². The Hall–Kier alpha value is -2.19. The first kappa shape index (κ1) is 15.7. The van der Waals surface area contributed by atoms with E-state index >= 15 is 0 Å². The predicted octanol–water partition coefficient (Wildman–Crippen LogP) is 5.91. The highest BCUT2D eigenvalue weighted by atomic mass is 32.2. The Labute approximate surface area is 140 Å². The highest BCUT2D eigenvalue weighted by Gasteiger charge is 2.34. The van der Waals surface area contributed by atoms with Crippen molar-refractivity contribution in [3.8, 4) is 0 Å². The van der Waals surface area contributed by atoms with Crippen molar-refractivity contribution in [1.29, 1.82) is 0 Å². The molecule has 0 amide bonds. The fraction of sp³-hybridized carbons (Fsp3) is 0.143. The van der Waals surface area contributed by atoms with Crippen LogP contribution < -0.4 is 0 Å². The normalized spacial score (nSPS) is 11.4. The van der Waals surface area contributed by atoms with Crippen LogP contribution in [0.1, 0.15) is 13.8 Å². The van der Waals surface area contributed by atoms with Gasteiger partial charge in [0.25, 0.3) is 0 Å². The minimum atomic E-state index is -1.61. The molecule has 23 heavy (non-hydrogen) atoms. The second-order valence-corrected chi connectivity index (χ2v) is 8.50. The maximum Gasteiger partial charge on any atom is 0.149 e. The van der Waals surface area contributed by atoms with E-state index in [1.807, 2.05) is 0 Å². The number of rotatable bonds is 4. The zero-order valence-electron chi connectivity index (χ0n) is 13.6. The predicted molar refractivity (Wildman–Crippen MR) is 99.1 cm³/mol. The summed E-state index contributed by atoms with van der Waals surface area (Å²) in [6.07, 6.45) is 0. The SMILES string of the molecule is CC(C)N=[S+](c1ccccc1)(c1ccccc1)c1ccccc1. The molecule has 2 heteroatoms. The van der Waals surface area contributed by atoms with E-state index in [-0.39, 0.29) is 6.04 Å². The molecule has 0 saturated heterocycles. The van der Waals surface area contributed by atoms with Crippen LogP contribution in [0.3, 0.4) is 0 Å². The maximum absolute atomic E-state index is 5.30. The molecule has 0 spiro atoms. The monoisotopic (exact) mass is 320 g/mol. The zero-order chi connectivity index (χ0) is 16.1. The van der Waals surface area contributed by atoms with Gasteiger partial charge >= 0.3 is 0 Å². The molecule has 3 aromatic carbocycles. The molecule has 0 aromatic heterocycles.